The molecule has 0 spiro atoms. The van der Waals surface area contributed by atoms with Gasteiger partial charge in [0, 0.05) is 36.8 Å². The summed E-state index contributed by atoms with van der Waals surface area (Å²) in [6.45, 7) is 2.27. The van der Waals surface area contributed by atoms with Crippen LogP contribution in [0.25, 0.3) is 0 Å². The highest BCUT2D eigenvalue weighted by molar-refractivity contribution is 7.92. The standard InChI is InChI=1S/C31H43N5O6S/c1-21(30(39)33-24-12-7-4-8-13-24)32-20-28(37)27(16-22-10-5-3-6-11-22)34-31(40)23-17-25(35-43(2,41)42)19-26(18-23)36-15-9-14-29(36)38/h3,5-6,10-11,17-19,21,24,27-28,32,35,37H,4,7-9,12-16,20H2,1-2H3,(H,33,39)(H,34,40)/t21-,27?,28+/m0/s1. The van der Waals surface area contributed by atoms with Gasteiger partial charge in [-0.25, -0.2) is 8.42 Å². The van der Waals surface area contributed by atoms with Crippen LogP contribution in [0.5, 0.6) is 0 Å². The lowest BCUT2D eigenvalue weighted by atomic mass is 9.95. The fourth-order valence-electron chi connectivity index (χ4n) is 5.60. The normalized spacial score (nSPS) is 18.1. The van der Waals surface area contributed by atoms with Gasteiger partial charge in [-0.15, -0.1) is 0 Å². The second-order valence-corrected chi connectivity index (χ2v) is 13.4. The Balaban J connectivity index is 1.49. The van der Waals surface area contributed by atoms with Gasteiger partial charge in [0.2, 0.25) is 21.8 Å². The Hall–Kier alpha value is -3.48. The number of nitrogens with zero attached hydrogens (tertiary/aromatic N) is 1. The van der Waals surface area contributed by atoms with E-state index in [1.807, 2.05) is 30.3 Å². The molecular formula is C31H43N5O6S. The number of amides is 3. The molecule has 43 heavy (non-hydrogen) atoms. The minimum Gasteiger partial charge on any atom is -0.390 e. The molecule has 234 valence electrons. The number of carbonyl (C=O) groups excluding carboxylic acids is 3. The van der Waals surface area contributed by atoms with Crippen LogP contribution in [0.4, 0.5) is 11.4 Å². The quantitative estimate of drug-likeness (QED) is 0.232. The molecule has 4 rings (SSSR count). The van der Waals surface area contributed by atoms with E-state index in [0.717, 1.165) is 37.5 Å². The summed E-state index contributed by atoms with van der Waals surface area (Å²) in [4.78, 5) is 40.3. The van der Waals surface area contributed by atoms with Gasteiger partial charge in [-0.1, -0.05) is 49.6 Å². The molecule has 2 fully saturated rings. The maximum Gasteiger partial charge on any atom is 0.251 e. The zero-order chi connectivity index (χ0) is 31.0. The number of hydrogen-bond acceptors (Lipinski definition) is 7. The van der Waals surface area contributed by atoms with Gasteiger partial charge in [0.1, 0.15) is 0 Å². The first-order chi connectivity index (χ1) is 20.5. The van der Waals surface area contributed by atoms with E-state index in [0.29, 0.717) is 31.5 Å². The first-order valence-corrected chi connectivity index (χ1v) is 16.9. The molecule has 1 unspecified atom stereocenters. The maximum atomic E-state index is 13.6. The topological polar surface area (TPSA) is 157 Å². The third-order valence-corrected chi connectivity index (χ3v) is 8.53. The molecule has 3 amide bonds. The van der Waals surface area contributed by atoms with E-state index in [1.54, 1.807) is 13.0 Å². The van der Waals surface area contributed by atoms with Gasteiger partial charge >= 0.3 is 0 Å². The summed E-state index contributed by atoms with van der Waals surface area (Å²) in [6, 6.07) is 12.8. The van der Waals surface area contributed by atoms with Crippen molar-refractivity contribution in [3.8, 4) is 0 Å². The third-order valence-electron chi connectivity index (χ3n) is 7.93. The Morgan fingerprint density at radius 3 is 2.42 bits per heavy atom. The zero-order valence-corrected chi connectivity index (χ0v) is 25.7. The number of benzene rings is 2. The van der Waals surface area contributed by atoms with E-state index in [2.05, 4.69) is 20.7 Å². The van der Waals surface area contributed by atoms with Crippen LogP contribution in [0.1, 0.15) is 67.8 Å². The molecule has 1 saturated carbocycles. The predicted molar refractivity (Wildman–Crippen MR) is 166 cm³/mol. The number of sulfonamides is 1. The Morgan fingerprint density at radius 2 is 1.77 bits per heavy atom. The van der Waals surface area contributed by atoms with Crippen LogP contribution in [-0.2, 0) is 26.0 Å². The lowest BCUT2D eigenvalue weighted by Crippen LogP contribution is -2.53. The molecule has 1 aliphatic heterocycles. The number of aliphatic hydroxyl groups excluding tert-OH is 1. The van der Waals surface area contributed by atoms with Crippen molar-refractivity contribution >= 4 is 39.1 Å². The average Bonchev–Trinajstić information content (AvgIpc) is 3.41. The first kappa shape index (κ1) is 32.4. The van der Waals surface area contributed by atoms with Crippen molar-refractivity contribution in [3.05, 3.63) is 59.7 Å². The highest BCUT2D eigenvalue weighted by Gasteiger charge is 2.27. The number of nitrogens with one attached hydrogen (secondary N) is 4. The monoisotopic (exact) mass is 613 g/mol. The van der Waals surface area contributed by atoms with E-state index in [-0.39, 0.29) is 35.7 Å². The van der Waals surface area contributed by atoms with Crippen molar-refractivity contribution in [1.29, 1.82) is 0 Å². The van der Waals surface area contributed by atoms with Gasteiger partial charge < -0.3 is 26.0 Å². The van der Waals surface area contributed by atoms with Crippen molar-refractivity contribution in [2.75, 3.05) is 29.0 Å². The van der Waals surface area contributed by atoms with Crippen molar-refractivity contribution in [2.24, 2.45) is 0 Å². The molecule has 0 aromatic heterocycles. The Morgan fingerprint density at radius 1 is 1.05 bits per heavy atom. The van der Waals surface area contributed by atoms with Crippen LogP contribution in [0.2, 0.25) is 0 Å². The Kier molecular flexibility index (Phi) is 11.2. The number of rotatable bonds is 13. The lowest BCUT2D eigenvalue weighted by molar-refractivity contribution is -0.123. The summed E-state index contributed by atoms with van der Waals surface area (Å²) < 4.78 is 26.3. The smallest absolute Gasteiger partial charge is 0.251 e. The van der Waals surface area contributed by atoms with Gasteiger partial charge in [0.15, 0.2) is 0 Å². The summed E-state index contributed by atoms with van der Waals surface area (Å²) in [5.41, 5.74) is 1.61. The lowest BCUT2D eigenvalue weighted by Gasteiger charge is -2.28. The summed E-state index contributed by atoms with van der Waals surface area (Å²) in [6.07, 6.45) is 6.67. The van der Waals surface area contributed by atoms with Crippen molar-refractivity contribution in [1.82, 2.24) is 16.0 Å². The van der Waals surface area contributed by atoms with E-state index in [1.165, 1.54) is 23.5 Å². The van der Waals surface area contributed by atoms with E-state index in [4.69, 9.17) is 0 Å². The third kappa shape index (κ3) is 9.77. The van der Waals surface area contributed by atoms with Crippen LogP contribution >= 0.6 is 0 Å². The minimum atomic E-state index is -3.65. The molecule has 1 heterocycles. The second kappa shape index (κ2) is 14.8. The molecule has 2 aliphatic rings. The molecule has 0 bridgehead atoms. The molecule has 1 saturated heterocycles. The van der Waals surface area contributed by atoms with Crippen molar-refractivity contribution in [3.63, 3.8) is 0 Å². The number of aliphatic hydroxyl groups is 1. The number of anilines is 2. The highest BCUT2D eigenvalue weighted by atomic mass is 32.2. The molecule has 3 atom stereocenters. The minimum absolute atomic E-state index is 0.0558. The van der Waals surface area contributed by atoms with Crippen LogP contribution in [-0.4, -0.2) is 74.8 Å². The molecule has 11 nitrogen and oxygen atoms in total. The zero-order valence-electron chi connectivity index (χ0n) is 24.8. The molecule has 2 aromatic carbocycles. The van der Waals surface area contributed by atoms with Crippen molar-refractivity contribution < 1.29 is 27.9 Å². The van der Waals surface area contributed by atoms with Crippen LogP contribution in [0, 0.1) is 0 Å². The second-order valence-electron chi connectivity index (χ2n) is 11.6. The van der Waals surface area contributed by atoms with Crippen LogP contribution in [0.3, 0.4) is 0 Å². The molecule has 0 radical (unpaired) electrons. The molecule has 2 aromatic rings. The number of carbonyl (C=O) groups is 3. The van der Waals surface area contributed by atoms with Gasteiger partial charge in [-0.3, -0.25) is 19.1 Å². The Labute approximate surface area is 253 Å². The Bertz CT molecular complexity index is 1380. The fraction of sp³-hybridized carbons (Fsp3) is 0.516. The predicted octanol–water partition coefficient (Wildman–Crippen LogP) is 2.31. The molecule has 1 aliphatic carbocycles. The van der Waals surface area contributed by atoms with Crippen molar-refractivity contribution in [2.45, 2.75) is 82.5 Å². The van der Waals surface area contributed by atoms with Gasteiger partial charge in [-0.2, -0.15) is 0 Å². The van der Waals surface area contributed by atoms with E-state index >= 15 is 0 Å². The molecule has 12 heteroatoms. The van der Waals surface area contributed by atoms with Gasteiger partial charge in [0.05, 0.1) is 30.1 Å². The van der Waals surface area contributed by atoms with Crippen LogP contribution in [0.15, 0.2) is 48.5 Å². The highest BCUT2D eigenvalue weighted by Crippen LogP contribution is 2.27. The van der Waals surface area contributed by atoms with E-state index < -0.39 is 34.1 Å². The first-order valence-electron chi connectivity index (χ1n) is 15.0. The van der Waals surface area contributed by atoms with Crippen LogP contribution < -0.4 is 25.6 Å². The fourth-order valence-corrected chi connectivity index (χ4v) is 6.15. The largest absolute Gasteiger partial charge is 0.390 e. The SMILES string of the molecule is C[C@H](NC[C@@H](O)C(Cc1ccccc1)NC(=O)c1cc(NS(C)(=O)=O)cc(N2CCCC2=O)c1)C(=O)NC1CCCCC1. The average molecular weight is 614 g/mol. The number of hydrogen-bond donors (Lipinski definition) is 5. The van der Waals surface area contributed by atoms with Gasteiger partial charge in [-0.05, 0) is 56.4 Å². The molecule has 5 N–H and O–H groups in total. The van der Waals surface area contributed by atoms with E-state index in [9.17, 15) is 27.9 Å². The summed E-state index contributed by atoms with van der Waals surface area (Å²) in [5.74, 6) is -0.761. The summed E-state index contributed by atoms with van der Waals surface area (Å²) >= 11 is 0. The maximum absolute atomic E-state index is 13.6. The summed E-state index contributed by atoms with van der Waals surface area (Å²) in [7, 11) is -3.65. The molecular weight excluding hydrogens is 570 g/mol. The summed E-state index contributed by atoms with van der Waals surface area (Å²) in [5, 5.41) is 20.3. The van der Waals surface area contributed by atoms with Gasteiger partial charge in [0.25, 0.3) is 5.91 Å².